The van der Waals surface area contributed by atoms with Gasteiger partial charge in [0.15, 0.2) is 0 Å². The third-order valence-electron chi connectivity index (χ3n) is 4.61. The van der Waals surface area contributed by atoms with Crippen LogP contribution in [0.15, 0.2) is 24.3 Å². The number of nitrogens with zero attached hydrogens (tertiary/aromatic N) is 2. The van der Waals surface area contributed by atoms with Crippen molar-refractivity contribution in [3.05, 3.63) is 35.4 Å². The molecule has 5 heteroatoms. The van der Waals surface area contributed by atoms with Crippen LogP contribution in [0.2, 0.25) is 0 Å². The number of carbonyl (C=O) groups is 1. The fraction of sp³-hybridized carbons (Fsp3) is 0.588. The van der Waals surface area contributed by atoms with Crippen LogP contribution in [0, 0.1) is 5.92 Å². The van der Waals surface area contributed by atoms with Crippen molar-refractivity contribution in [2.24, 2.45) is 5.92 Å². The topological polar surface area (TPSA) is 47.6 Å². The van der Waals surface area contributed by atoms with Crippen LogP contribution in [0.4, 0.5) is 0 Å². The van der Waals surface area contributed by atoms with Gasteiger partial charge in [-0.15, -0.1) is 0 Å². The van der Waals surface area contributed by atoms with Crippen LogP contribution in [-0.4, -0.2) is 68.6 Å². The molecule has 0 aliphatic carbocycles. The minimum absolute atomic E-state index is 0.0483. The van der Waals surface area contributed by atoms with Gasteiger partial charge in [0.25, 0.3) is 5.91 Å². The molecule has 0 aromatic heterocycles. The van der Waals surface area contributed by atoms with Gasteiger partial charge >= 0.3 is 0 Å². The van der Waals surface area contributed by atoms with E-state index in [0.717, 1.165) is 57.9 Å². The lowest BCUT2D eigenvalue weighted by molar-refractivity contribution is 0.0942. The molecule has 2 saturated heterocycles. The highest BCUT2D eigenvalue weighted by Gasteiger charge is 2.18. The molecule has 2 fully saturated rings. The van der Waals surface area contributed by atoms with E-state index in [9.17, 15) is 4.79 Å². The Morgan fingerprint density at radius 1 is 1.27 bits per heavy atom. The summed E-state index contributed by atoms with van der Waals surface area (Å²) in [4.78, 5) is 17.0. The molecule has 0 unspecified atom stereocenters. The molecule has 1 amide bonds. The SMILES string of the molecule is CN1CCN(Cc2cccc(C(=O)NCC3CNC3)c2)CC1. The normalized spacial score (nSPS) is 20.6. The van der Waals surface area contributed by atoms with Crippen LogP contribution in [-0.2, 0) is 6.54 Å². The van der Waals surface area contributed by atoms with E-state index in [1.807, 2.05) is 18.2 Å². The van der Waals surface area contributed by atoms with E-state index in [1.165, 1.54) is 5.56 Å². The first-order valence-corrected chi connectivity index (χ1v) is 8.19. The maximum atomic E-state index is 12.2. The summed E-state index contributed by atoms with van der Waals surface area (Å²) in [6.07, 6.45) is 0. The van der Waals surface area contributed by atoms with Gasteiger partial charge in [0, 0.05) is 63.8 Å². The average Bonchev–Trinajstić information content (AvgIpc) is 2.48. The van der Waals surface area contributed by atoms with E-state index in [2.05, 4.69) is 33.5 Å². The zero-order valence-corrected chi connectivity index (χ0v) is 13.3. The van der Waals surface area contributed by atoms with Crippen molar-refractivity contribution in [3.63, 3.8) is 0 Å². The summed E-state index contributed by atoms with van der Waals surface area (Å²) in [5.74, 6) is 0.643. The van der Waals surface area contributed by atoms with E-state index in [4.69, 9.17) is 0 Å². The van der Waals surface area contributed by atoms with Gasteiger partial charge in [0.2, 0.25) is 0 Å². The molecule has 1 aromatic carbocycles. The van der Waals surface area contributed by atoms with E-state index < -0.39 is 0 Å². The van der Waals surface area contributed by atoms with Crippen LogP contribution in [0.5, 0.6) is 0 Å². The Morgan fingerprint density at radius 2 is 2.05 bits per heavy atom. The quantitative estimate of drug-likeness (QED) is 0.826. The lowest BCUT2D eigenvalue weighted by Crippen LogP contribution is -2.48. The molecule has 1 aromatic rings. The van der Waals surface area contributed by atoms with Gasteiger partial charge in [-0.1, -0.05) is 12.1 Å². The van der Waals surface area contributed by atoms with Crippen molar-refractivity contribution >= 4 is 5.91 Å². The molecule has 0 saturated carbocycles. The number of hydrogen-bond donors (Lipinski definition) is 2. The standard InChI is InChI=1S/C17H26N4O/c1-20-5-7-21(8-6-20)13-14-3-2-4-16(9-14)17(22)19-12-15-10-18-11-15/h2-4,9,15,18H,5-8,10-13H2,1H3,(H,19,22). The number of likely N-dealkylation sites (N-methyl/N-ethyl adjacent to an activating group) is 1. The summed E-state index contributed by atoms with van der Waals surface area (Å²) in [5.41, 5.74) is 2.00. The lowest BCUT2D eigenvalue weighted by Gasteiger charge is -2.32. The molecule has 2 N–H and O–H groups in total. The molecule has 0 radical (unpaired) electrons. The van der Waals surface area contributed by atoms with E-state index >= 15 is 0 Å². The minimum atomic E-state index is 0.0483. The second-order valence-electron chi connectivity index (χ2n) is 6.51. The van der Waals surface area contributed by atoms with E-state index in [1.54, 1.807) is 0 Å². The summed E-state index contributed by atoms with van der Waals surface area (Å²) in [5, 5.41) is 6.26. The average molecular weight is 302 g/mol. The second kappa shape index (κ2) is 7.22. The number of carbonyl (C=O) groups excluding carboxylic acids is 1. The van der Waals surface area contributed by atoms with Crippen LogP contribution in [0.25, 0.3) is 0 Å². The fourth-order valence-electron chi connectivity index (χ4n) is 2.91. The molecule has 2 heterocycles. The molecule has 2 aliphatic heterocycles. The Labute approximate surface area is 132 Å². The second-order valence-corrected chi connectivity index (χ2v) is 6.51. The summed E-state index contributed by atoms with van der Waals surface area (Å²) in [6, 6.07) is 8.05. The monoisotopic (exact) mass is 302 g/mol. The van der Waals surface area contributed by atoms with Gasteiger partial charge in [-0.2, -0.15) is 0 Å². The third-order valence-corrected chi connectivity index (χ3v) is 4.61. The molecular weight excluding hydrogens is 276 g/mol. The molecule has 5 nitrogen and oxygen atoms in total. The predicted molar refractivity (Wildman–Crippen MR) is 87.9 cm³/mol. The number of benzene rings is 1. The van der Waals surface area contributed by atoms with Crippen molar-refractivity contribution in [3.8, 4) is 0 Å². The van der Waals surface area contributed by atoms with Gasteiger partial charge in [-0.3, -0.25) is 9.69 Å². The molecule has 0 spiro atoms. The van der Waals surface area contributed by atoms with Gasteiger partial charge in [0.1, 0.15) is 0 Å². The number of nitrogens with one attached hydrogen (secondary N) is 2. The van der Waals surface area contributed by atoms with Crippen LogP contribution in [0.1, 0.15) is 15.9 Å². The first-order valence-electron chi connectivity index (χ1n) is 8.19. The zero-order chi connectivity index (χ0) is 15.4. The first-order chi connectivity index (χ1) is 10.7. The highest BCUT2D eigenvalue weighted by Crippen LogP contribution is 2.11. The molecule has 0 bridgehead atoms. The van der Waals surface area contributed by atoms with Gasteiger partial charge in [-0.25, -0.2) is 0 Å². The van der Waals surface area contributed by atoms with Crippen molar-refractivity contribution in [2.75, 3.05) is 52.9 Å². The Bertz CT molecular complexity index is 507. The van der Waals surface area contributed by atoms with E-state index in [-0.39, 0.29) is 5.91 Å². The number of rotatable bonds is 5. The molecule has 0 atom stereocenters. The first kappa shape index (κ1) is 15.5. The predicted octanol–water partition coefficient (Wildman–Crippen LogP) is 0.383. The Morgan fingerprint density at radius 3 is 2.73 bits per heavy atom. The van der Waals surface area contributed by atoms with Gasteiger partial charge in [0.05, 0.1) is 0 Å². The minimum Gasteiger partial charge on any atom is -0.352 e. The van der Waals surface area contributed by atoms with Crippen molar-refractivity contribution in [1.82, 2.24) is 20.4 Å². The van der Waals surface area contributed by atoms with Gasteiger partial charge < -0.3 is 15.5 Å². The van der Waals surface area contributed by atoms with Crippen molar-refractivity contribution in [2.45, 2.75) is 6.54 Å². The Hall–Kier alpha value is -1.43. The zero-order valence-electron chi connectivity index (χ0n) is 13.3. The Kier molecular flexibility index (Phi) is 5.08. The highest BCUT2D eigenvalue weighted by molar-refractivity contribution is 5.94. The number of amides is 1. The van der Waals surface area contributed by atoms with Gasteiger partial charge in [-0.05, 0) is 24.7 Å². The molecule has 3 rings (SSSR count). The molecule has 120 valence electrons. The number of hydrogen-bond acceptors (Lipinski definition) is 4. The van der Waals surface area contributed by atoms with E-state index in [0.29, 0.717) is 5.92 Å². The van der Waals surface area contributed by atoms with Crippen LogP contribution >= 0.6 is 0 Å². The molecule has 22 heavy (non-hydrogen) atoms. The lowest BCUT2D eigenvalue weighted by atomic mass is 10.0. The number of piperazine rings is 1. The molecular formula is C17H26N4O. The summed E-state index contributed by atoms with van der Waals surface area (Å²) in [6.45, 7) is 8.18. The highest BCUT2D eigenvalue weighted by atomic mass is 16.1. The largest absolute Gasteiger partial charge is 0.352 e. The summed E-state index contributed by atoms with van der Waals surface area (Å²) < 4.78 is 0. The molecule has 2 aliphatic rings. The van der Waals surface area contributed by atoms with Crippen molar-refractivity contribution in [1.29, 1.82) is 0 Å². The summed E-state index contributed by atoms with van der Waals surface area (Å²) >= 11 is 0. The Balaban J connectivity index is 1.53. The van der Waals surface area contributed by atoms with Crippen LogP contribution < -0.4 is 10.6 Å². The fourth-order valence-corrected chi connectivity index (χ4v) is 2.91. The summed E-state index contributed by atoms with van der Waals surface area (Å²) in [7, 11) is 2.17. The van der Waals surface area contributed by atoms with Crippen molar-refractivity contribution < 1.29 is 4.79 Å². The third kappa shape index (κ3) is 4.06. The maximum Gasteiger partial charge on any atom is 0.251 e. The van der Waals surface area contributed by atoms with Crippen LogP contribution in [0.3, 0.4) is 0 Å². The smallest absolute Gasteiger partial charge is 0.251 e. The maximum absolute atomic E-state index is 12.2.